The smallest absolute Gasteiger partial charge is 0.146 e. The molecule has 2 aliphatic carbocycles. The number of benzene rings is 1. The molecule has 0 aromatic heterocycles. The predicted molar refractivity (Wildman–Crippen MR) is 89.8 cm³/mol. The van der Waals surface area contributed by atoms with Gasteiger partial charge in [-0.25, -0.2) is 0 Å². The van der Waals surface area contributed by atoms with Gasteiger partial charge in [0.05, 0.1) is 19.1 Å². The maximum atomic E-state index is 12.8. The zero-order valence-corrected chi connectivity index (χ0v) is 14.2. The molecule has 4 atom stereocenters. The van der Waals surface area contributed by atoms with E-state index in [0.717, 1.165) is 31.2 Å². The predicted octanol–water partition coefficient (Wildman–Crippen LogP) is 3.55. The van der Waals surface area contributed by atoms with E-state index in [2.05, 4.69) is 11.8 Å². The molecule has 4 heteroatoms. The lowest BCUT2D eigenvalue weighted by atomic mass is 9.74. The van der Waals surface area contributed by atoms with Gasteiger partial charge in [0.15, 0.2) is 0 Å². The van der Waals surface area contributed by atoms with Crippen molar-refractivity contribution in [2.75, 3.05) is 7.11 Å². The zero-order chi connectivity index (χ0) is 16.6. The number of halogens is 1. The summed E-state index contributed by atoms with van der Waals surface area (Å²) in [6.45, 7) is 1.98. The van der Waals surface area contributed by atoms with Gasteiger partial charge in [0.1, 0.15) is 11.5 Å². The molecule has 4 unspecified atom stereocenters. The van der Waals surface area contributed by atoms with Crippen molar-refractivity contribution in [2.24, 2.45) is 11.8 Å². The molecule has 0 saturated heterocycles. The fourth-order valence-corrected chi connectivity index (χ4v) is 4.25. The summed E-state index contributed by atoms with van der Waals surface area (Å²) >= 11 is 6.46. The van der Waals surface area contributed by atoms with Crippen molar-refractivity contribution in [3.05, 3.63) is 28.3 Å². The van der Waals surface area contributed by atoms with Gasteiger partial charge < -0.3 is 9.84 Å². The Morgan fingerprint density at radius 3 is 2.87 bits per heavy atom. The van der Waals surface area contributed by atoms with Crippen LogP contribution >= 0.6 is 11.6 Å². The van der Waals surface area contributed by atoms with Crippen LogP contribution in [0.4, 0.5) is 0 Å². The number of methoxy groups -OCH3 is 1. The van der Waals surface area contributed by atoms with Crippen molar-refractivity contribution in [3.63, 3.8) is 0 Å². The number of ketones is 1. The summed E-state index contributed by atoms with van der Waals surface area (Å²) < 4.78 is 5.47. The average molecular weight is 333 g/mol. The lowest BCUT2D eigenvalue weighted by molar-refractivity contribution is -0.130. The highest BCUT2D eigenvalue weighted by Gasteiger charge is 2.48. The molecule has 0 heterocycles. The number of hydrogen-bond acceptors (Lipinski definition) is 3. The summed E-state index contributed by atoms with van der Waals surface area (Å²) in [5.41, 5.74) is 1.38. The first kappa shape index (κ1) is 16.4. The van der Waals surface area contributed by atoms with Gasteiger partial charge in [0.2, 0.25) is 0 Å². The molecular weight excluding hydrogens is 312 g/mol. The third kappa shape index (κ3) is 2.86. The number of fused-ring (bicyclic) bond motifs is 2. The Morgan fingerprint density at radius 1 is 1.39 bits per heavy atom. The van der Waals surface area contributed by atoms with Crippen LogP contribution in [-0.2, 0) is 4.79 Å². The van der Waals surface area contributed by atoms with Gasteiger partial charge in [-0.05, 0) is 37.3 Å². The van der Waals surface area contributed by atoms with Crippen LogP contribution in [0.2, 0.25) is 5.02 Å². The zero-order valence-electron chi connectivity index (χ0n) is 13.4. The SMILES string of the molecule is CCC#Cc1cc(Cl)c(C2C(=O)C3CCC(C3)C2O)c(OC)c1. The third-order valence-corrected chi connectivity index (χ3v) is 5.35. The Morgan fingerprint density at radius 2 is 2.17 bits per heavy atom. The summed E-state index contributed by atoms with van der Waals surface area (Å²) in [5, 5.41) is 11.1. The van der Waals surface area contributed by atoms with E-state index < -0.39 is 12.0 Å². The third-order valence-electron chi connectivity index (χ3n) is 5.04. The number of aliphatic hydroxyl groups excluding tert-OH is 1. The van der Waals surface area contributed by atoms with E-state index in [-0.39, 0.29) is 17.6 Å². The second-order valence-corrected chi connectivity index (χ2v) is 6.78. The van der Waals surface area contributed by atoms with E-state index in [0.29, 0.717) is 16.3 Å². The number of rotatable bonds is 2. The largest absolute Gasteiger partial charge is 0.496 e. The van der Waals surface area contributed by atoms with E-state index in [1.165, 1.54) is 0 Å². The first-order valence-corrected chi connectivity index (χ1v) is 8.52. The number of carbonyl (C=O) groups is 1. The maximum absolute atomic E-state index is 12.8. The Balaban J connectivity index is 2.06. The molecule has 1 N–H and O–H groups in total. The molecule has 0 aliphatic heterocycles. The molecule has 3 nitrogen and oxygen atoms in total. The van der Waals surface area contributed by atoms with Gasteiger partial charge >= 0.3 is 0 Å². The Kier molecular flexibility index (Phi) is 4.66. The van der Waals surface area contributed by atoms with E-state index >= 15 is 0 Å². The normalized spacial score (nSPS) is 29.1. The Hall–Kier alpha value is -1.50. The molecule has 0 spiro atoms. The van der Waals surface area contributed by atoms with Crippen molar-refractivity contribution in [1.29, 1.82) is 0 Å². The quantitative estimate of drug-likeness (QED) is 0.842. The molecule has 2 aliphatic rings. The summed E-state index contributed by atoms with van der Waals surface area (Å²) in [4.78, 5) is 12.8. The van der Waals surface area contributed by atoms with Gasteiger partial charge in [-0.2, -0.15) is 0 Å². The molecule has 2 saturated carbocycles. The molecular formula is C19H21ClO3. The van der Waals surface area contributed by atoms with Crippen LogP contribution < -0.4 is 4.74 Å². The number of aliphatic hydroxyl groups is 1. The van der Waals surface area contributed by atoms with Crippen LogP contribution in [0.3, 0.4) is 0 Å². The van der Waals surface area contributed by atoms with Crippen LogP contribution in [0, 0.1) is 23.7 Å². The minimum absolute atomic E-state index is 0.0498. The van der Waals surface area contributed by atoms with E-state index in [4.69, 9.17) is 16.3 Å². The van der Waals surface area contributed by atoms with Gasteiger partial charge in [0, 0.05) is 28.5 Å². The Labute approximate surface area is 142 Å². The second kappa shape index (κ2) is 6.55. The van der Waals surface area contributed by atoms with Crippen molar-refractivity contribution in [2.45, 2.75) is 44.6 Å². The molecule has 0 radical (unpaired) electrons. The number of carbonyl (C=O) groups excluding carboxylic acids is 1. The van der Waals surface area contributed by atoms with Crippen molar-refractivity contribution < 1.29 is 14.6 Å². The van der Waals surface area contributed by atoms with Crippen molar-refractivity contribution in [3.8, 4) is 17.6 Å². The fourth-order valence-electron chi connectivity index (χ4n) is 3.92. The maximum Gasteiger partial charge on any atom is 0.146 e. The molecule has 1 aromatic rings. The first-order chi connectivity index (χ1) is 11.1. The molecule has 23 heavy (non-hydrogen) atoms. The summed E-state index contributed by atoms with van der Waals surface area (Å²) in [7, 11) is 1.56. The standard InChI is InChI=1S/C19H21ClO3/c1-3-4-5-11-8-14(20)16(15(9-11)23-2)17-18(21)12-6-7-13(10-12)19(17)22/h8-9,12-13,17-18,21H,3,6-7,10H2,1-2H3. The van der Waals surface area contributed by atoms with Gasteiger partial charge in [-0.15, -0.1) is 0 Å². The summed E-state index contributed by atoms with van der Waals surface area (Å²) in [6, 6.07) is 3.57. The van der Waals surface area contributed by atoms with Crippen LogP contribution in [0.5, 0.6) is 5.75 Å². The van der Waals surface area contributed by atoms with Crippen LogP contribution in [0.1, 0.15) is 49.7 Å². The lowest BCUT2D eigenvalue weighted by Gasteiger charge is -2.33. The van der Waals surface area contributed by atoms with Gasteiger partial charge in [0.25, 0.3) is 0 Å². The molecule has 3 rings (SSSR count). The highest BCUT2D eigenvalue weighted by molar-refractivity contribution is 6.32. The average Bonchev–Trinajstić information content (AvgIpc) is 2.99. The topological polar surface area (TPSA) is 46.5 Å². The Bertz CT molecular complexity index is 686. The number of Topliss-reactive ketones (excluding diaryl/α,β-unsaturated/α-hetero) is 1. The van der Waals surface area contributed by atoms with E-state index in [1.54, 1.807) is 19.2 Å². The lowest BCUT2D eigenvalue weighted by Crippen LogP contribution is -2.38. The molecule has 2 bridgehead atoms. The first-order valence-electron chi connectivity index (χ1n) is 8.14. The molecule has 2 fully saturated rings. The number of hydrogen-bond donors (Lipinski definition) is 1. The summed E-state index contributed by atoms with van der Waals surface area (Å²) in [6.07, 6.45) is 2.66. The summed E-state index contributed by atoms with van der Waals surface area (Å²) in [5.74, 6) is 6.32. The highest BCUT2D eigenvalue weighted by Crippen LogP contribution is 2.49. The second-order valence-electron chi connectivity index (χ2n) is 6.37. The molecule has 1 aromatic carbocycles. The van der Waals surface area contributed by atoms with E-state index in [9.17, 15) is 9.90 Å². The number of ether oxygens (including phenoxy) is 1. The molecule has 0 amide bonds. The van der Waals surface area contributed by atoms with Crippen LogP contribution in [0.15, 0.2) is 12.1 Å². The van der Waals surface area contributed by atoms with Crippen molar-refractivity contribution in [1.82, 2.24) is 0 Å². The van der Waals surface area contributed by atoms with Crippen molar-refractivity contribution >= 4 is 17.4 Å². The van der Waals surface area contributed by atoms with Crippen LogP contribution in [-0.4, -0.2) is 24.1 Å². The van der Waals surface area contributed by atoms with Crippen LogP contribution in [0.25, 0.3) is 0 Å². The minimum atomic E-state index is -0.680. The van der Waals surface area contributed by atoms with Gasteiger partial charge in [-0.3, -0.25) is 4.79 Å². The minimum Gasteiger partial charge on any atom is -0.496 e. The monoisotopic (exact) mass is 332 g/mol. The highest BCUT2D eigenvalue weighted by atomic mass is 35.5. The molecule has 122 valence electrons. The fraction of sp³-hybridized carbons (Fsp3) is 0.526. The van der Waals surface area contributed by atoms with E-state index in [1.807, 2.05) is 6.92 Å². The van der Waals surface area contributed by atoms with Gasteiger partial charge in [-0.1, -0.05) is 30.4 Å².